The van der Waals surface area contributed by atoms with Gasteiger partial charge in [0.15, 0.2) is 0 Å². The molecule has 0 bridgehead atoms. The van der Waals surface area contributed by atoms with E-state index in [-0.39, 0.29) is 6.61 Å². The van der Waals surface area contributed by atoms with Gasteiger partial charge in [0.25, 0.3) is 0 Å². The molecule has 5 nitrogen and oxygen atoms in total. The molecule has 0 amide bonds. The third-order valence-electron chi connectivity index (χ3n) is 2.93. The van der Waals surface area contributed by atoms with Crippen molar-refractivity contribution in [2.75, 3.05) is 13.4 Å². The Bertz CT molecular complexity index is 670. The van der Waals surface area contributed by atoms with Crippen LogP contribution < -0.4 is 0 Å². The number of methoxy groups -OCH3 is 1. The van der Waals surface area contributed by atoms with E-state index in [9.17, 15) is 9.59 Å². The lowest BCUT2D eigenvalue weighted by molar-refractivity contribution is 0.0466. The molecule has 2 aromatic rings. The SMILES string of the molecule is COC(=O)c1ccc(COC(=O)c2cccnc2SC)cc1. The topological polar surface area (TPSA) is 65.5 Å². The molecule has 0 atom stereocenters. The van der Waals surface area contributed by atoms with Gasteiger partial charge >= 0.3 is 11.9 Å². The van der Waals surface area contributed by atoms with Crippen molar-refractivity contribution in [2.45, 2.75) is 11.6 Å². The van der Waals surface area contributed by atoms with Crippen molar-refractivity contribution in [1.82, 2.24) is 4.98 Å². The molecule has 1 heterocycles. The first-order chi connectivity index (χ1) is 10.7. The van der Waals surface area contributed by atoms with Crippen molar-refractivity contribution in [3.63, 3.8) is 0 Å². The van der Waals surface area contributed by atoms with Gasteiger partial charge in [0.1, 0.15) is 11.6 Å². The molecule has 114 valence electrons. The van der Waals surface area contributed by atoms with E-state index in [2.05, 4.69) is 9.72 Å². The van der Waals surface area contributed by atoms with Crippen LogP contribution in [0.25, 0.3) is 0 Å². The van der Waals surface area contributed by atoms with E-state index >= 15 is 0 Å². The first-order valence-electron chi connectivity index (χ1n) is 6.49. The minimum absolute atomic E-state index is 0.128. The number of pyridine rings is 1. The molecule has 6 heteroatoms. The number of thioether (sulfide) groups is 1. The summed E-state index contributed by atoms with van der Waals surface area (Å²) >= 11 is 1.39. The third-order valence-corrected chi connectivity index (χ3v) is 3.64. The lowest BCUT2D eigenvalue weighted by Crippen LogP contribution is -2.07. The summed E-state index contributed by atoms with van der Waals surface area (Å²) in [4.78, 5) is 27.5. The summed E-state index contributed by atoms with van der Waals surface area (Å²) in [5.74, 6) is -0.821. The van der Waals surface area contributed by atoms with Crippen LogP contribution in [-0.4, -0.2) is 30.3 Å². The number of rotatable bonds is 5. The fourth-order valence-electron chi connectivity index (χ4n) is 1.79. The Kier molecular flexibility index (Phi) is 5.55. The summed E-state index contributed by atoms with van der Waals surface area (Å²) in [5.41, 5.74) is 1.69. The lowest BCUT2D eigenvalue weighted by atomic mass is 10.1. The van der Waals surface area contributed by atoms with Crippen LogP contribution in [0.1, 0.15) is 26.3 Å². The standard InChI is InChI=1S/C16H15NO4S/c1-20-15(18)12-7-5-11(6-8-12)10-21-16(19)13-4-3-9-17-14(13)22-2/h3-9H,10H2,1-2H3. The van der Waals surface area contributed by atoms with Gasteiger partial charge in [-0.15, -0.1) is 11.8 Å². The van der Waals surface area contributed by atoms with Crippen molar-refractivity contribution < 1.29 is 19.1 Å². The maximum atomic E-state index is 12.1. The molecule has 0 aliphatic heterocycles. The smallest absolute Gasteiger partial charge is 0.341 e. The lowest BCUT2D eigenvalue weighted by Gasteiger charge is -2.07. The number of hydrogen-bond donors (Lipinski definition) is 0. The van der Waals surface area contributed by atoms with Gasteiger partial charge < -0.3 is 9.47 Å². The summed E-state index contributed by atoms with van der Waals surface area (Å²) in [5, 5.41) is 0.633. The van der Waals surface area contributed by atoms with Crippen molar-refractivity contribution in [2.24, 2.45) is 0 Å². The predicted octanol–water partition coefficient (Wildman–Crippen LogP) is 2.95. The molecule has 0 aliphatic rings. The molecule has 0 radical (unpaired) electrons. The summed E-state index contributed by atoms with van der Waals surface area (Å²) in [6.07, 6.45) is 3.48. The number of nitrogens with zero attached hydrogens (tertiary/aromatic N) is 1. The molecule has 0 aliphatic carbocycles. The van der Waals surface area contributed by atoms with E-state index in [1.165, 1.54) is 18.9 Å². The van der Waals surface area contributed by atoms with Gasteiger partial charge in [0.05, 0.1) is 18.2 Å². The highest BCUT2D eigenvalue weighted by molar-refractivity contribution is 7.98. The third kappa shape index (κ3) is 3.85. The number of ether oxygens (including phenoxy) is 2. The highest BCUT2D eigenvalue weighted by Crippen LogP contribution is 2.18. The van der Waals surface area contributed by atoms with Crippen molar-refractivity contribution in [3.05, 3.63) is 59.3 Å². The van der Waals surface area contributed by atoms with E-state index < -0.39 is 11.9 Å². The molecule has 2 rings (SSSR count). The molecule has 0 spiro atoms. The second kappa shape index (κ2) is 7.61. The molecule has 0 saturated carbocycles. The zero-order valence-corrected chi connectivity index (χ0v) is 13.1. The fourth-order valence-corrected chi connectivity index (χ4v) is 2.33. The van der Waals surface area contributed by atoms with Crippen molar-refractivity contribution >= 4 is 23.7 Å². The van der Waals surface area contributed by atoms with Crippen LogP contribution in [0.4, 0.5) is 0 Å². The Morgan fingerprint density at radius 1 is 1.14 bits per heavy atom. The number of aromatic nitrogens is 1. The Hall–Kier alpha value is -2.34. The van der Waals surface area contributed by atoms with Gasteiger partial charge in [-0.25, -0.2) is 14.6 Å². The van der Waals surface area contributed by atoms with Crippen LogP contribution in [-0.2, 0) is 16.1 Å². The van der Waals surface area contributed by atoms with E-state index in [0.29, 0.717) is 16.2 Å². The van der Waals surface area contributed by atoms with Gasteiger partial charge in [0.2, 0.25) is 0 Å². The van der Waals surface area contributed by atoms with Gasteiger partial charge in [-0.2, -0.15) is 0 Å². The average Bonchev–Trinajstić information content (AvgIpc) is 2.59. The normalized spacial score (nSPS) is 10.1. The number of benzene rings is 1. The zero-order valence-electron chi connectivity index (χ0n) is 12.2. The summed E-state index contributed by atoms with van der Waals surface area (Å²) in [6, 6.07) is 10.1. The summed E-state index contributed by atoms with van der Waals surface area (Å²) in [6.45, 7) is 0.128. The molecule has 0 saturated heterocycles. The van der Waals surface area contributed by atoms with Crippen LogP contribution in [0, 0.1) is 0 Å². The number of carbonyl (C=O) groups excluding carboxylic acids is 2. The van der Waals surface area contributed by atoms with Crippen LogP contribution in [0.5, 0.6) is 0 Å². The monoisotopic (exact) mass is 317 g/mol. The molecular weight excluding hydrogens is 302 g/mol. The van der Waals surface area contributed by atoms with Crippen LogP contribution >= 0.6 is 11.8 Å². The summed E-state index contributed by atoms with van der Waals surface area (Å²) < 4.78 is 9.90. The van der Waals surface area contributed by atoms with E-state index in [1.54, 1.807) is 42.6 Å². The van der Waals surface area contributed by atoms with Gasteiger partial charge in [-0.3, -0.25) is 0 Å². The second-order valence-electron chi connectivity index (χ2n) is 4.32. The first-order valence-corrected chi connectivity index (χ1v) is 7.71. The second-order valence-corrected chi connectivity index (χ2v) is 5.12. The average molecular weight is 317 g/mol. The minimum atomic E-state index is -0.422. The molecule has 1 aromatic heterocycles. The van der Waals surface area contributed by atoms with Crippen LogP contribution in [0.2, 0.25) is 0 Å². The Balaban J connectivity index is 2.00. The fraction of sp³-hybridized carbons (Fsp3) is 0.188. The maximum absolute atomic E-state index is 12.1. The Morgan fingerprint density at radius 2 is 1.86 bits per heavy atom. The molecule has 1 aromatic carbocycles. The van der Waals surface area contributed by atoms with Gasteiger partial charge in [-0.1, -0.05) is 12.1 Å². The number of hydrogen-bond acceptors (Lipinski definition) is 6. The first kappa shape index (κ1) is 16.0. The van der Waals surface area contributed by atoms with Crippen molar-refractivity contribution in [1.29, 1.82) is 0 Å². The molecule has 22 heavy (non-hydrogen) atoms. The van der Waals surface area contributed by atoms with Gasteiger partial charge in [-0.05, 0) is 36.1 Å². The number of esters is 2. The highest BCUT2D eigenvalue weighted by atomic mass is 32.2. The molecular formula is C16H15NO4S. The summed E-state index contributed by atoms with van der Waals surface area (Å²) in [7, 11) is 1.33. The molecule has 0 unspecified atom stereocenters. The molecule has 0 N–H and O–H groups in total. The Labute approximate surface area is 132 Å². The van der Waals surface area contributed by atoms with Crippen molar-refractivity contribution in [3.8, 4) is 0 Å². The van der Waals surface area contributed by atoms with Gasteiger partial charge in [0, 0.05) is 6.20 Å². The van der Waals surface area contributed by atoms with Crippen LogP contribution in [0.3, 0.4) is 0 Å². The quantitative estimate of drug-likeness (QED) is 0.624. The van der Waals surface area contributed by atoms with E-state index in [4.69, 9.17) is 4.74 Å². The maximum Gasteiger partial charge on any atom is 0.341 e. The minimum Gasteiger partial charge on any atom is -0.465 e. The Morgan fingerprint density at radius 3 is 2.50 bits per heavy atom. The largest absolute Gasteiger partial charge is 0.465 e. The van der Waals surface area contributed by atoms with E-state index in [1.807, 2.05) is 6.26 Å². The zero-order chi connectivity index (χ0) is 15.9. The van der Waals surface area contributed by atoms with E-state index in [0.717, 1.165) is 5.56 Å². The predicted molar refractivity (Wildman–Crippen MR) is 82.9 cm³/mol. The molecule has 0 fully saturated rings. The highest BCUT2D eigenvalue weighted by Gasteiger charge is 2.13. The number of carbonyl (C=O) groups is 2. The van der Waals surface area contributed by atoms with Crippen LogP contribution in [0.15, 0.2) is 47.6 Å².